The van der Waals surface area contributed by atoms with Gasteiger partial charge in [0, 0.05) is 7.05 Å². The quantitative estimate of drug-likeness (QED) is 0.828. The Bertz CT molecular complexity index is 641. The molecule has 0 saturated carbocycles. The molecule has 0 radical (unpaired) electrons. The van der Waals surface area contributed by atoms with Crippen LogP contribution in [0.2, 0.25) is 0 Å². The summed E-state index contributed by atoms with van der Waals surface area (Å²) in [5.41, 5.74) is 0.150. The molecule has 0 aliphatic heterocycles. The van der Waals surface area contributed by atoms with E-state index in [9.17, 15) is 13.6 Å². The van der Waals surface area contributed by atoms with Gasteiger partial charge in [-0.05, 0) is 12.1 Å². The van der Waals surface area contributed by atoms with Gasteiger partial charge in [0.15, 0.2) is 5.16 Å². The fourth-order valence-corrected chi connectivity index (χ4v) is 2.40. The SMILES string of the molecule is Cn1c(CO)cnc1SCC(=O)Nc1c(F)cccc1F. The molecule has 2 aromatic rings. The summed E-state index contributed by atoms with van der Waals surface area (Å²) in [5, 5.41) is 11.8. The van der Waals surface area contributed by atoms with Crippen molar-refractivity contribution in [3.63, 3.8) is 0 Å². The number of anilines is 1. The lowest BCUT2D eigenvalue weighted by Crippen LogP contribution is -2.16. The standard InChI is InChI=1S/C13H13F2N3O2S/c1-18-8(6-19)5-16-13(18)21-7-11(20)17-12-9(14)3-2-4-10(12)15/h2-5,19H,6-7H2,1H3,(H,17,20). The highest BCUT2D eigenvalue weighted by Crippen LogP contribution is 2.20. The van der Waals surface area contributed by atoms with Gasteiger partial charge in [-0.25, -0.2) is 13.8 Å². The van der Waals surface area contributed by atoms with E-state index in [1.54, 1.807) is 11.6 Å². The number of nitrogens with zero attached hydrogens (tertiary/aromatic N) is 2. The minimum Gasteiger partial charge on any atom is -0.390 e. The summed E-state index contributed by atoms with van der Waals surface area (Å²) in [6, 6.07) is 3.36. The first kappa shape index (κ1) is 15.5. The molecule has 1 amide bonds. The number of imidazole rings is 1. The number of aromatic nitrogens is 2. The highest BCUT2D eigenvalue weighted by molar-refractivity contribution is 7.99. The Kier molecular flexibility index (Phi) is 4.92. The van der Waals surface area contributed by atoms with E-state index in [1.807, 2.05) is 0 Å². The summed E-state index contributed by atoms with van der Waals surface area (Å²) in [6.07, 6.45) is 1.50. The van der Waals surface area contributed by atoms with E-state index in [0.29, 0.717) is 10.9 Å². The van der Waals surface area contributed by atoms with E-state index >= 15 is 0 Å². The van der Waals surface area contributed by atoms with Crippen molar-refractivity contribution < 1.29 is 18.7 Å². The number of halogens is 2. The van der Waals surface area contributed by atoms with Crippen molar-refractivity contribution in [3.8, 4) is 0 Å². The second-order valence-corrected chi connectivity index (χ2v) is 5.13. The maximum absolute atomic E-state index is 13.4. The number of amides is 1. The van der Waals surface area contributed by atoms with E-state index in [4.69, 9.17) is 5.11 Å². The fraction of sp³-hybridized carbons (Fsp3) is 0.231. The Hall–Kier alpha value is -1.93. The summed E-state index contributed by atoms with van der Waals surface area (Å²) < 4.78 is 28.4. The number of thioether (sulfide) groups is 1. The summed E-state index contributed by atoms with van der Waals surface area (Å²) in [4.78, 5) is 15.8. The summed E-state index contributed by atoms with van der Waals surface area (Å²) in [7, 11) is 1.70. The van der Waals surface area contributed by atoms with Gasteiger partial charge in [0.2, 0.25) is 5.91 Å². The summed E-state index contributed by atoms with van der Waals surface area (Å²) in [6.45, 7) is -0.156. The second-order valence-electron chi connectivity index (χ2n) is 4.18. The topological polar surface area (TPSA) is 67.1 Å². The molecule has 112 valence electrons. The Morgan fingerprint density at radius 3 is 2.67 bits per heavy atom. The van der Waals surface area contributed by atoms with Crippen LogP contribution >= 0.6 is 11.8 Å². The highest BCUT2D eigenvalue weighted by Gasteiger charge is 2.13. The first-order valence-corrected chi connectivity index (χ1v) is 6.99. The molecule has 1 heterocycles. The van der Waals surface area contributed by atoms with Gasteiger partial charge in [-0.3, -0.25) is 4.79 Å². The number of benzene rings is 1. The second kappa shape index (κ2) is 6.68. The molecule has 8 heteroatoms. The Balaban J connectivity index is 1.98. The van der Waals surface area contributed by atoms with Gasteiger partial charge < -0.3 is 15.0 Å². The smallest absolute Gasteiger partial charge is 0.235 e. The number of carbonyl (C=O) groups excluding carboxylic acids is 1. The van der Waals surface area contributed by atoms with E-state index in [1.165, 1.54) is 12.3 Å². The molecule has 0 atom stereocenters. The number of hydrogen-bond donors (Lipinski definition) is 2. The zero-order valence-electron chi connectivity index (χ0n) is 11.1. The molecular weight excluding hydrogens is 300 g/mol. The molecule has 0 saturated heterocycles. The predicted molar refractivity (Wildman–Crippen MR) is 74.8 cm³/mol. The predicted octanol–water partition coefficient (Wildman–Crippen LogP) is 1.92. The van der Waals surface area contributed by atoms with Crippen LogP contribution in [0.4, 0.5) is 14.5 Å². The summed E-state index contributed by atoms with van der Waals surface area (Å²) in [5.74, 6) is -2.25. The average Bonchev–Trinajstić information content (AvgIpc) is 2.81. The first-order chi connectivity index (χ1) is 10.0. The third-order valence-electron chi connectivity index (χ3n) is 2.76. The molecule has 1 aromatic carbocycles. The molecule has 0 fully saturated rings. The van der Waals surface area contributed by atoms with Crippen LogP contribution in [-0.2, 0) is 18.4 Å². The van der Waals surface area contributed by atoms with E-state index < -0.39 is 23.2 Å². The average molecular weight is 313 g/mol. The number of aliphatic hydroxyl groups is 1. The number of hydrogen-bond acceptors (Lipinski definition) is 4. The van der Waals surface area contributed by atoms with Crippen LogP contribution in [0, 0.1) is 11.6 Å². The molecule has 2 N–H and O–H groups in total. The van der Waals surface area contributed by atoms with Gasteiger partial charge in [-0.2, -0.15) is 0 Å². The number of nitrogens with one attached hydrogen (secondary N) is 1. The zero-order chi connectivity index (χ0) is 15.4. The third-order valence-corrected chi connectivity index (χ3v) is 3.81. The normalized spacial score (nSPS) is 10.7. The van der Waals surface area contributed by atoms with Gasteiger partial charge >= 0.3 is 0 Å². The minimum atomic E-state index is -0.826. The summed E-state index contributed by atoms with van der Waals surface area (Å²) >= 11 is 1.11. The maximum atomic E-state index is 13.4. The van der Waals surface area contributed by atoms with Crippen molar-refractivity contribution in [2.24, 2.45) is 7.05 Å². The van der Waals surface area contributed by atoms with E-state index in [-0.39, 0.29) is 12.4 Å². The monoisotopic (exact) mass is 313 g/mol. The van der Waals surface area contributed by atoms with Crippen molar-refractivity contribution in [1.29, 1.82) is 0 Å². The molecule has 21 heavy (non-hydrogen) atoms. The van der Waals surface area contributed by atoms with Crippen LogP contribution in [0.3, 0.4) is 0 Å². The molecule has 2 rings (SSSR count). The molecule has 5 nitrogen and oxygen atoms in total. The van der Waals surface area contributed by atoms with Gasteiger partial charge in [0.05, 0.1) is 24.3 Å². The number of aliphatic hydroxyl groups excluding tert-OH is 1. The van der Waals surface area contributed by atoms with Crippen LogP contribution < -0.4 is 5.32 Å². The van der Waals surface area contributed by atoms with Gasteiger partial charge in [-0.1, -0.05) is 17.8 Å². The van der Waals surface area contributed by atoms with Crippen LogP contribution in [0.1, 0.15) is 5.69 Å². The van der Waals surface area contributed by atoms with Crippen LogP contribution in [-0.4, -0.2) is 26.3 Å². The largest absolute Gasteiger partial charge is 0.390 e. The molecular formula is C13H13F2N3O2S. The third kappa shape index (κ3) is 3.59. The Morgan fingerprint density at radius 1 is 1.43 bits per heavy atom. The number of rotatable bonds is 5. The molecule has 0 unspecified atom stereocenters. The van der Waals surface area contributed by atoms with Gasteiger partial charge in [-0.15, -0.1) is 0 Å². The number of para-hydroxylation sites is 1. The molecule has 0 spiro atoms. The van der Waals surface area contributed by atoms with Crippen molar-refractivity contribution in [3.05, 3.63) is 41.7 Å². The van der Waals surface area contributed by atoms with Gasteiger partial charge in [0.25, 0.3) is 0 Å². The fourth-order valence-electron chi connectivity index (χ4n) is 1.63. The minimum absolute atomic E-state index is 0.0521. The molecule has 0 aliphatic carbocycles. The van der Waals surface area contributed by atoms with Gasteiger partial charge in [0.1, 0.15) is 17.3 Å². The van der Waals surface area contributed by atoms with Crippen LogP contribution in [0.25, 0.3) is 0 Å². The number of carbonyl (C=O) groups is 1. The lowest BCUT2D eigenvalue weighted by Gasteiger charge is -2.07. The Labute approximate surface area is 124 Å². The lowest BCUT2D eigenvalue weighted by molar-refractivity contribution is -0.113. The van der Waals surface area contributed by atoms with Crippen molar-refractivity contribution in [1.82, 2.24) is 9.55 Å². The van der Waals surface area contributed by atoms with Crippen LogP contribution in [0.5, 0.6) is 0 Å². The van der Waals surface area contributed by atoms with Crippen LogP contribution in [0.15, 0.2) is 29.6 Å². The highest BCUT2D eigenvalue weighted by atomic mass is 32.2. The van der Waals surface area contributed by atoms with Crippen molar-refractivity contribution >= 4 is 23.4 Å². The van der Waals surface area contributed by atoms with Crippen molar-refractivity contribution in [2.45, 2.75) is 11.8 Å². The van der Waals surface area contributed by atoms with E-state index in [0.717, 1.165) is 23.9 Å². The lowest BCUT2D eigenvalue weighted by atomic mass is 10.3. The maximum Gasteiger partial charge on any atom is 0.235 e. The van der Waals surface area contributed by atoms with Crippen molar-refractivity contribution in [2.75, 3.05) is 11.1 Å². The zero-order valence-corrected chi connectivity index (χ0v) is 12.0. The van der Waals surface area contributed by atoms with E-state index in [2.05, 4.69) is 10.3 Å². The molecule has 1 aromatic heterocycles. The first-order valence-electron chi connectivity index (χ1n) is 6.01. The molecule has 0 aliphatic rings. The Morgan fingerprint density at radius 2 is 2.10 bits per heavy atom. The molecule has 0 bridgehead atoms.